The number of hydrogen-bond donors (Lipinski definition) is 2. The van der Waals surface area contributed by atoms with Crippen LogP contribution in [-0.4, -0.2) is 86.4 Å². The molecule has 0 amide bonds. The fourth-order valence-electron chi connectivity index (χ4n) is 3.18. The molecule has 8 heteroatoms. The first-order chi connectivity index (χ1) is 11.3. The molecule has 0 aromatic rings. The number of thioether (sulfide) groups is 2. The zero-order valence-electron chi connectivity index (χ0n) is 15.0. The highest BCUT2D eigenvalue weighted by atomic mass is 127. The van der Waals surface area contributed by atoms with Crippen LogP contribution in [0.2, 0.25) is 0 Å². The summed E-state index contributed by atoms with van der Waals surface area (Å²) in [6.45, 7) is 5.83. The second-order valence-electron chi connectivity index (χ2n) is 6.18. The minimum absolute atomic E-state index is 0. The smallest absolute Gasteiger partial charge is 0.191 e. The summed E-state index contributed by atoms with van der Waals surface area (Å²) in [5.74, 6) is 4.66. The fraction of sp³-hybridized carbons (Fsp3) is 0.938. The van der Waals surface area contributed by atoms with E-state index < -0.39 is 0 Å². The number of morpholine rings is 1. The highest BCUT2D eigenvalue weighted by molar-refractivity contribution is 14.0. The summed E-state index contributed by atoms with van der Waals surface area (Å²) in [5, 5.41) is 7.03. The van der Waals surface area contributed by atoms with E-state index in [2.05, 4.69) is 38.5 Å². The van der Waals surface area contributed by atoms with Crippen LogP contribution in [0.3, 0.4) is 0 Å². The van der Waals surface area contributed by atoms with Gasteiger partial charge in [0, 0.05) is 44.5 Å². The summed E-state index contributed by atoms with van der Waals surface area (Å²) in [6.07, 6.45) is 5.89. The van der Waals surface area contributed by atoms with Gasteiger partial charge < -0.3 is 15.4 Å². The molecule has 2 saturated heterocycles. The molecule has 142 valence electrons. The minimum Gasteiger partial charge on any atom is -0.379 e. The normalized spacial score (nSPS) is 25.3. The molecule has 0 aromatic heterocycles. The van der Waals surface area contributed by atoms with Gasteiger partial charge in [0.25, 0.3) is 0 Å². The Morgan fingerprint density at radius 1 is 1.29 bits per heavy atom. The molecule has 1 unspecified atom stereocenters. The maximum atomic E-state index is 5.53. The van der Waals surface area contributed by atoms with Crippen molar-refractivity contribution in [2.24, 2.45) is 4.99 Å². The third kappa shape index (κ3) is 7.09. The van der Waals surface area contributed by atoms with Crippen LogP contribution in [0.5, 0.6) is 0 Å². The molecule has 1 atom stereocenters. The van der Waals surface area contributed by atoms with Crippen LogP contribution in [0.15, 0.2) is 4.99 Å². The van der Waals surface area contributed by atoms with Crippen molar-refractivity contribution in [2.45, 2.75) is 24.8 Å². The van der Waals surface area contributed by atoms with Crippen LogP contribution < -0.4 is 10.6 Å². The lowest BCUT2D eigenvalue weighted by Gasteiger charge is -2.43. The zero-order valence-corrected chi connectivity index (χ0v) is 19.0. The first-order valence-corrected chi connectivity index (χ1v) is 11.2. The van der Waals surface area contributed by atoms with Gasteiger partial charge in [-0.1, -0.05) is 0 Å². The molecule has 2 aliphatic rings. The van der Waals surface area contributed by atoms with E-state index in [-0.39, 0.29) is 29.5 Å². The Hall–Kier alpha value is 0.620. The summed E-state index contributed by atoms with van der Waals surface area (Å²) < 4.78 is 5.53. The van der Waals surface area contributed by atoms with Gasteiger partial charge >= 0.3 is 0 Å². The van der Waals surface area contributed by atoms with Gasteiger partial charge in [-0.2, -0.15) is 23.5 Å². The average molecular weight is 489 g/mol. The predicted molar refractivity (Wildman–Crippen MR) is 119 cm³/mol. The molecule has 2 fully saturated rings. The van der Waals surface area contributed by atoms with Crippen molar-refractivity contribution in [2.75, 3.05) is 70.0 Å². The van der Waals surface area contributed by atoms with E-state index in [4.69, 9.17) is 4.74 Å². The lowest BCUT2D eigenvalue weighted by Crippen LogP contribution is -2.60. The Morgan fingerprint density at radius 2 is 2.08 bits per heavy atom. The summed E-state index contributed by atoms with van der Waals surface area (Å²) in [4.78, 5) is 7.02. The van der Waals surface area contributed by atoms with Crippen molar-refractivity contribution in [1.29, 1.82) is 0 Å². The standard InChI is InChI=1S/C16H32N4OS2.HI/c1-17-15(18-6-3-4-11-22-2)19-13-16(5-12-23-14-16)20-7-9-21-10-8-20;/h3-14H2,1-2H3,(H2,17,18,19);1H. The number of unbranched alkanes of at least 4 members (excludes halogenated alkanes) is 1. The number of guanidine groups is 1. The molecule has 0 aliphatic carbocycles. The third-order valence-corrected chi connectivity index (χ3v) is 6.57. The molecule has 0 aromatic carbocycles. The Kier molecular flexibility index (Phi) is 12.2. The highest BCUT2D eigenvalue weighted by Crippen LogP contribution is 2.33. The first-order valence-electron chi connectivity index (χ1n) is 8.65. The number of rotatable bonds is 8. The van der Waals surface area contributed by atoms with Gasteiger partial charge in [0.15, 0.2) is 5.96 Å². The first kappa shape index (κ1) is 22.7. The molecule has 2 N–H and O–H groups in total. The number of aliphatic imine (C=N–C) groups is 1. The number of hydrogen-bond acceptors (Lipinski definition) is 5. The Balaban J connectivity index is 0.00000288. The molecule has 2 aliphatic heterocycles. The van der Waals surface area contributed by atoms with E-state index in [0.717, 1.165) is 45.4 Å². The van der Waals surface area contributed by atoms with Gasteiger partial charge in [-0.15, -0.1) is 24.0 Å². The maximum Gasteiger partial charge on any atom is 0.191 e. The zero-order chi connectivity index (χ0) is 16.4. The number of halogens is 1. The van der Waals surface area contributed by atoms with Gasteiger partial charge in [-0.25, -0.2) is 0 Å². The molecule has 2 rings (SSSR count). The number of ether oxygens (including phenoxy) is 1. The van der Waals surface area contributed by atoms with E-state index in [1.54, 1.807) is 0 Å². The quantitative estimate of drug-likeness (QED) is 0.236. The van der Waals surface area contributed by atoms with E-state index in [1.807, 2.05) is 18.8 Å². The summed E-state index contributed by atoms with van der Waals surface area (Å²) in [5.41, 5.74) is 0.269. The highest BCUT2D eigenvalue weighted by Gasteiger charge is 2.40. The largest absolute Gasteiger partial charge is 0.379 e. The van der Waals surface area contributed by atoms with Crippen molar-refractivity contribution < 1.29 is 4.74 Å². The van der Waals surface area contributed by atoms with Crippen molar-refractivity contribution in [1.82, 2.24) is 15.5 Å². The molecule has 0 spiro atoms. The Bertz CT molecular complexity index is 362. The van der Waals surface area contributed by atoms with Gasteiger partial charge in [-0.3, -0.25) is 9.89 Å². The molecule has 2 heterocycles. The van der Waals surface area contributed by atoms with Crippen molar-refractivity contribution in [3.8, 4) is 0 Å². The summed E-state index contributed by atoms with van der Waals surface area (Å²) in [7, 11) is 1.86. The van der Waals surface area contributed by atoms with E-state index >= 15 is 0 Å². The van der Waals surface area contributed by atoms with Crippen LogP contribution in [0.1, 0.15) is 19.3 Å². The second kappa shape index (κ2) is 12.9. The Morgan fingerprint density at radius 3 is 2.71 bits per heavy atom. The van der Waals surface area contributed by atoms with Crippen molar-refractivity contribution >= 4 is 53.5 Å². The SMILES string of the molecule is CN=C(NCCCCSC)NCC1(N2CCOCC2)CCSC1.I. The van der Waals surface area contributed by atoms with E-state index in [1.165, 1.54) is 36.5 Å². The fourth-order valence-corrected chi connectivity index (χ4v) is 5.15. The van der Waals surface area contributed by atoms with Gasteiger partial charge in [0.05, 0.1) is 13.2 Å². The number of nitrogens with one attached hydrogen (secondary N) is 2. The van der Waals surface area contributed by atoms with Gasteiger partial charge in [0.2, 0.25) is 0 Å². The Labute approximate surface area is 172 Å². The minimum atomic E-state index is 0. The second-order valence-corrected chi connectivity index (χ2v) is 8.27. The van der Waals surface area contributed by atoms with Crippen LogP contribution in [-0.2, 0) is 4.74 Å². The molecule has 0 bridgehead atoms. The average Bonchev–Trinajstić information content (AvgIpc) is 3.08. The summed E-state index contributed by atoms with van der Waals surface area (Å²) in [6, 6.07) is 0. The maximum absolute atomic E-state index is 5.53. The molecule has 0 saturated carbocycles. The third-order valence-electron chi connectivity index (χ3n) is 4.64. The van der Waals surface area contributed by atoms with Crippen molar-refractivity contribution in [3.05, 3.63) is 0 Å². The molecule has 24 heavy (non-hydrogen) atoms. The van der Waals surface area contributed by atoms with E-state index in [0.29, 0.717) is 0 Å². The molecular weight excluding hydrogens is 455 g/mol. The van der Waals surface area contributed by atoms with Crippen LogP contribution in [0.25, 0.3) is 0 Å². The van der Waals surface area contributed by atoms with Crippen LogP contribution in [0.4, 0.5) is 0 Å². The lowest BCUT2D eigenvalue weighted by molar-refractivity contribution is -0.0120. The number of nitrogens with zero attached hydrogens (tertiary/aromatic N) is 2. The van der Waals surface area contributed by atoms with Crippen LogP contribution in [0, 0.1) is 0 Å². The monoisotopic (exact) mass is 488 g/mol. The molecular formula is C16H33IN4OS2. The predicted octanol–water partition coefficient (Wildman–Crippen LogP) is 2.12. The van der Waals surface area contributed by atoms with Gasteiger partial charge in [0.1, 0.15) is 0 Å². The lowest BCUT2D eigenvalue weighted by atomic mass is 9.95. The molecule has 5 nitrogen and oxygen atoms in total. The van der Waals surface area contributed by atoms with Crippen LogP contribution >= 0.6 is 47.5 Å². The van der Waals surface area contributed by atoms with Gasteiger partial charge in [-0.05, 0) is 37.0 Å². The summed E-state index contributed by atoms with van der Waals surface area (Å²) >= 11 is 3.99. The molecule has 0 radical (unpaired) electrons. The topological polar surface area (TPSA) is 48.9 Å². The van der Waals surface area contributed by atoms with Crippen molar-refractivity contribution in [3.63, 3.8) is 0 Å². The van der Waals surface area contributed by atoms with E-state index in [9.17, 15) is 0 Å².